The van der Waals surface area contributed by atoms with Gasteiger partial charge in [-0.25, -0.2) is 4.79 Å². The first-order chi connectivity index (χ1) is 9.32. The zero-order chi connectivity index (χ0) is 15.0. The Kier molecular flexibility index (Phi) is 4.02. The lowest BCUT2D eigenvalue weighted by Gasteiger charge is -2.25. The van der Waals surface area contributed by atoms with Crippen LogP contribution in [0.25, 0.3) is 0 Å². The van der Waals surface area contributed by atoms with Crippen molar-refractivity contribution >= 4 is 18.9 Å². The summed E-state index contributed by atoms with van der Waals surface area (Å²) in [7, 11) is -3.84. The maximum absolute atomic E-state index is 11.8. The predicted octanol–water partition coefficient (Wildman–Crippen LogP) is 1.18. The van der Waals surface area contributed by atoms with Crippen LogP contribution in [0.5, 0.6) is 0 Å². The number of hydrogen-bond donors (Lipinski definition) is 3. The second-order valence-electron chi connectivity index (χ2n) is 4.93. The van der Waals surface area contributed by atoms with Gasteiger partial charge in [0.15, 0.2) is 0 Å². The molecule has 0 radical (unpaired) electrons. The number of carboxylic acids is 1. The summed E-state index contributed by atoms with van der Waals surface area (Å²) in [4.78, 5) is 21.1. The van der Waals surface area contributed by atoms with Gasteiger partial charge in [0, 0.05) is 0 Å². The minimum absolute atomic E-state index is 0.0846. The van der Waals surface area contributed by atoms with Gasteiger partial charge in [-0.05, 0) is 43.4 Å². The molecule has 0 amide bonds. The third-order valence-electron chi connectivity index (χ3n) is 3.55. The van der Waals surface area contributed by atoms with E-state index in [1.165, 1.54) is 24.3 Å². The number of carboxylic acid groups (broad SMARTS) is 1. The molecule has 0 spiro atoms. The van der Waals surface area contributed by atoms with Gasteiger partial charge in [-0.15, -0.1) is 0 Å². The summed E-state index contributed by atoms with van der Waals surface area (Å²) in [6, 6.07) is 5.78. The lowest BCUT2D eigenvalue weighted by Crippen LogP contribution is -2.47. The molecule has 4 N–H and O–H groups in total. The largest absolute Gasteiger partial charge is 0.480 e. The van der Waals surface area contributed by atoms with Crippen molar-refractivity contribution in [2.24, 2.45) is 11.7 Å². The van der Waals surface area contributed by atoms with Gasteiger partial charge in [0.1, 0.15) is 5.54 Å². The van der Waals surface area contributed by atoms with Crippen molar-refractivity contribution in [3.63, 3.8) is 0 Å². The maximum Gasteiger partial charge on any atom is 0.358 e. The minimum Gasteiger partial charge on any atom is -0.480 e. The van der Waals surface area contributed by atoms with Crippen LogP contribution in [0, 0.1) is 5.92 Å². The molecule has 1 unspecified atom stereocenters. The summed E-state index contributed by atoms with van der Waals surface area (Å²) < 4.78 is 16.7. The molecule has 0 bridgehead atoms. The van der Waals surface area contributed by atoms with Crippen LogP contribution in [0.3, 0.4) is 0 Å². The fourth-order valence-electron chi connectivity index (χ4n) is 2.25. The average Bonchev–Trinajstić information content (AvgIpc) is 3.22. The van der Waals surface area contributed by atoms with E-state index in [1.807, 2.05) is 0 Å². The Morgan fingerprint density at radius 3 is 2.40 bits per heavy atom. The Labute approximate surface area is 117 Å². The molecule has 1 aliphatic rings. The molecule has 0 heterocycles. The molecular weight excluding hydrogens is 281 g/mol. The summed E-state index contributed by atoms with van der Waals surface area (Å²) in [5, 5.41) is 9.49. The average molecular weight is 299 g/mol. The third-order valence-corrected chi connectivity index (χ3v) is 5.11. The topological polar surface area (TPSA) is 110 Å². The molecule has 20 heavy (non-hydrogen) atoms. The Bertz CT molecular complexity index is 554. The first-order valence-corrected chi connectivity index (χ1v) is 8.00. The summed E-state index contributed by atoms with van der Waals surface area (Å²) >= 11 is 0. The zero-order valence-electron chi connectivity index (χ0n) is 11.2. The Balaban J connectivity index is 2.32. The van der Waals surface area contributed by atoms with Gasteiger partial charge in [0.2, 0.25) is 0 Å². The molecule has 0 aromatic heterocycles. The first-order valence-electron chi connectivity index (χ1n) is 6.43. The van der Waals surface area contributed by atoms with Crippen LogP contribution in [-0.4, -0.2) is 22.6 Å². The van der Waals surface area contributed by atoms with Crippen LogP contribution in [0.4, 0.5) is 0 Å². The molecule has 1 aromatic rings. The van der Waals surface area contributed by atoms with E-state index in [9.17, 15) is 19.4 Å². The Morgan fingerprint density at radius 1 is 1.45 bits per heavy atom. The number of nitrogens with two attached hydrogens (primary N) is 1. The number of hydrogen-bond acceptors (Lipinski definition) is 4. The van der Waals surface area contributed by atoms with E-state index in [-0.39, 0.29) is 17.8 Å². The highest BCUT2D eigenvalue weighted by atomic mass is 31.2. The Hall–Kier alpha value is -1.20. The summed E-state index contributed by atoms with van der Waals surface area (Å²) in [6.07, 6.45) is 1.56. The smallest absolute Gasteiger partial charge is 0.358 e. The molecule has 7 heteroatoms. The van der Waals surface area contributed by atoms with Crippen LogP contribution >= 0.6 is 7.60 Å². The van der Waals surface area contributed by atoms with Gasteiger partial charge >= 0.3 is 13.6 Å². The van der Waals surface area contributed by atoms with Gasteiger partial charge in [0.25, 0.3) is 0 Å². The molecule has 1 aromatic carbocycles. The first kappa shape index (κ1) is 15.2. The van der Waals surface area contributed by atoms with Crippen LogP contribution < -0.4 is 11.0 Å². The summed E-state index contributed by atoms with van der Waals surface area (Å²) in [6.45, 7) is 1.74. The monoisotopic (exact) mass is 299 g/mol. The van der Waals surface area contributed by atoms with Gasteiger partial charge < -0.3 is 20.3 Å². The lowest BCUT2D eigenvalue weighted by molar-refractivity contribution is -0.144. The van der Waals surface area contributed by atoms with Gasteiger partial charge in [-0.3, -0.25) is 4.57 Å². The van der Waals surface area contributed by atoms with Crippen molar-refractivity contribution in [2.75, 3.05) is 6.61 Å². The SMILES string of the molecule is CCOP(=O)(O)c1ccc([C@](N)(C(=O)O)C2CC2)cc1. The molecule has 110 valence electrons. The van der Waals surface area contributed by atoms with E-state index in [4.69, 9.17) is 10.3 Å². The summed E-state index contributed by atoms with van der Waals surface area (Å²) in [5.41, 5.74) is 5.03. The molecule has 1 saturated carbocycles. The molecule has 1 aliphatic carbocycles. The van der Waals surface area contributed by atoms with E-state index in [0.29, 0.717) is 5.56 Å². The number of benzene rings is 1. The lowest BCUT2D eigenvalue weighted by atomic mass is 9.86. The maximum atomic E-state index is 11.8. The number of carbonyl (C=O) groups is 1. The van der Waals surface area contributed by atoms with Crippen LogP contribution in [0.15, 0.2) is 24.3 Å². The molecule has 2 atom stereocenters. The van der Waals surface area contributed by atoms with E-state index in [0.717, 1.165) is 12.8 Å². The van der Waals surface area contributed by atoms with E-state index in [2.05, 4.69) is 0 Å². The number of aliphatic carboxylic acids is 1. The van der Waals surface area contributed by atoms with Crippen molar-refractivity contribution in [1.29, 1.82) is 0 Å². The fourth-order valence-corrected chi connectivity index (χ4v) is 3.27. The van der Waals surface area contributed by atoms with E-state index < -0.39 is 19.1 Å². The molecule has 0 aliphatic heterocycles. The second-order valence-corrected chi connectivity index (χ2v) is 6.75. The molecule has 6 nitrogen and oxygen atoms in total. The van der Waals surface area contributed by atoms with Gasteiger partial charge in [-0.1, -0.05) is 12.1 Å². The normalized spacial score (nSPS) is 20.9. The third kappa shape index (κ3) is 2.65. The molecule has 1 fully saturated rings. The molecule has 0 saturated heterocycles. The Morgan fingerprint density at radius 2 is 2.00 bits per heavy atom. The van der Waals surface area contributed by atoms with Crippen molar-refractivity contribution in [2.45, 2.75) is 25.3 Å². The van der Waals surface area contributed by atoms with Crippen LogP contribution in [0.2, 0.25) is 0 Å². The van der Waals surface area contributed by atoms with Crippen LogP contribution in [0.1, 0.15) is 25.3 Å². The van der Waals surface area contributed by atoms with E-state index >= 15 is 0 Å². The quantitative estimate of drug-likeness (QED) is 0.680. The molecular formula is C13H18NO5P. The number of rotatable bonds is 6. The zero-order valence-corrected chi connectivity index (χ0v) is 12.0. The highest BCUT2D eigenvalue weighted by molar-refractivity contribution is 7.61. The highest BCUT2D eigenvalue weighted by Gasteiger charge is 2.49. The fraction of sp³-hybridized carbons (Fsp3) is 0.462. The standard InChI is InChI=1S/C13H18NO5P/c1-2-19-20(17,18)11-7-5-10(6-8-11)13(14,12(15)16)9-3-4-9/h5-9H,2-4,14H2,1H3,(H,15,16)(H,17,18)/t13-/m0/s1. The van der Waals surface area contributed by atoms with Crippen molar-refractivity contribution in [3.05, 3.63) is 29.8 Å². The second kappa shape index (κ2) is 5.30. The van der Waals surface area contributed by atoms with Gasteiger partial charge in [0.05, 0.1) is 11.9 Å². The predicted molar refractivity (Wildman–Crippen MR) is 73.8 cm³/mol. The minimum atomic E-state index is -3.84. The van der Waals surface area contributed by atoms with E-state index in [1.54, 1.807) is 6.92 Å². The summed E-state index contributed by atoms with van der Waals surface area (Å²) in [5.74, 6) is -1.16. The van der Waals surface area contributed by atoms with Crippen molar-refractivity contribution in [1.82, 2.24) is 0 Å². The molecule has 2 rings (SSSR count). The van der Waals surface area contributed by atoms with Crippen molar-refractivity contribution < 1.29 is 23.9 Å². The highest BCUT2D eigenvalue weighted by Crippen LogP contribution is 2.45. The van der Waals surface area contributed by atoms with Crippen molar-refractivity contribution in [3.8, 4) is 0 Å². The van der Waals surface area contributed by atoms with Gasteiger partial charge in [-0.2, -0.15) is 0 Å². The van der Waals surface area contributed by atoms with Crippen LogP contribution in [-0.2, 0) is 19.4 Å².